The van der Waals surface area contributed by atoms with Gasteiger partial charge in [0.2, 0.25) is 0 Å². The van der Waals surface area contributed by atoms with Crippen LogP contribution in [-0.4, -0.2) is 23.3 Å². The average molecular weight is 330 g/mol. The van der Waals surface area contributed by atoms with Crippen molar-refractivity contribution in [3.8, 4) is 0 Å². The van der Waals surface area contributed by atoms with Gasteiger partial charge in [-0.3, -0.25) is 9.59 Å². The lowest BCUT2D eigenvalue weighted by Gasteiger charge is -2.23. The number of halogens is 2. The van der Waals surface area contributed by atoms with E-state index >= 15 is 0 Å². The van der Waals surface area contributed by atoms with Crippen molar-refractivity contribution in [2.45, 2.75) is 32.8 Å². The lowest BCUT2D eigenvalue weighted by atomic mass is 9.90. The van der Waals surface area contributed by atoms with Gasteiger partial charge in [0.25, 0.3) is 5.91 Å². The summed E-state index contributed by atoms with van der Waals surface area (Å²) in [5.41, 5.74) is -1.29. The molecule has 0 aliphatic carbocycles. The smallest absolute Gasteiger partial charge is 0.264 e. The Morgan fingerprint density at radius 2 is 1.90 bits per heavy atom. The first-order valence-corrected chi connectivity index (χ1v) is 7.46. The minimum atomic E-state index is -1.93. The fourth-order valence-electron chi connectivity index (χ4n) is 2.69. The first-order valence-electron chi connectivity index (χ1n) is 6.70. The molecule has 0 saturated carbocycles. The number of rotatable bonds is 4. The Morgan fingerprint density at radius 1 is 1.33 bits per heavy atom. The van der Waals surface area contributed by atoms with Gasteiger partial charge in [0.1, 0.15) is 5.78 Å². The summed E-state index contributed by atoms with van der Waals surface area (Å²) in [6.45, 7) is 5.63. The van der Waals surface area contributed by atoms with Crippen molar-refractivity contribution in [3.63, 3.8) is 0 Å². The van der Waals surface area contributed by atoms with E-state index in [-0.39, 0.29) is 28.7 Å². The van der Waals surface area contributed by atoms with Gasteiger partial charge in [-0.1, -0.05) is 37.0 Å². The Hall–Kier alpha value is -1.10. The third-order valence-electron chi connectivity index (χ3n) is 3.41. The van der Waals surface area contributed by atoms with Crippen molar-refractivity contribution in [3.05, 3.63) is 27.7 Å². The molecule has 0 bridgehead atoms. The number of fused-ring (bicyclic) bond motifs is 1. The molecular formula is C15H17Cl2NO3. The van der Waals surface area contributed by atoms with Crippen LogP contribution in [0.1, 0.15) is 32.8 Å². The second kappa shape index (κ2) is 5.59. The number of ketones is 1. The predicted molar refractivity (Wildman–Crippen MR) is 82.8 cm³/mol. The summed E-state index contributed by atoms with van der Waals surface area (Å²) in [6.07, 6.45) is -0.312. The molecule has 0 saturated heterocycles. The second-order valence-electron chi connectivity index (χ2n) is 5.80. The lowest BCUT2D eigenvalue weighted by molar-refractivity contribution is -0.141. The minimum absolute atomic E-state index is 0.177. The van der Waals surface area contributed by atoms with Gasteiger partial charge in [-0.05, 0) is 25.0 Å². The molecule has 21 heavy (non-hydrogen) atoms. The van der Waals surface area contributed by atoms with Crippen molar-refractivity contribution in [2.75, 3.05) is 11.4 Å². The molecule has 0 spiro atoms. The highest BCUT2D eigenvalue weighted by Crippen LogP contribution is 2.49. The lowest BCUT2D eigenvalue weighted by Crippen LogP contribution is -2.42. The van der Waals surface area contributed by atoms with E-state index in [0.29, 0.717) is 17.3 Å². The van der Waals surface area contributed by atoms with Crippen LogP contribution < -0.4 is 4.90 Å². The highest BCUT2D eigenvalue weighted by Gasteiger charge is 2.52. The van der Waals surface area contributed by atoms with Gasteiger partial charge in [-0.2, -0.15) is 0 Å². The first kappa shape index (κ1) is 16.3. The highest BCUT2D eigenvalue weighted by molar-refractivity contribution is 6.38. The van der Waals surface area contributed by atoms with Crippen LogP contribution in [0.4, 0.5) is 5.69 Å². The van der Waals surface area contributed by atoms with Crippen molar-refractivity contribution < 1.29 is 14.7 Å². The zero-order chi connectivity index (χ0) is 15.9. The number of benzene rings is 1. The van der Waals surface area contributed by atoms with Crippen LogP contribution >= 0.6 is 23.2 Å². The number of nitrogens with zero attached hydrogens (tertiary/aromatic N) is 1. The highest BCUT2D eigenvalue weighted by atomic mass is 35.5. The van der Waals surface area contributed by atoms with Crippen LogP contribution in [-0.2, 0) is 15.2 Å². The second-order valence-corrected chi connectivity index (χ2v) is 6.62. The maximum atomic E-state index is 12.7. The molecule has 114 valence electrons. The standard InChI is InChI=1S/C15H17Cl2NO3/c1-8(2)7-18-13-11(17)5-4-10(16)12(13)15(21,14(18)20)6-9(3)19/h4-5,8,21H,6-7H2,1-3H3. The molecule has 2 rings (SSSR count). The van der Waals surface area contributed by atoms with Gasteiger partial charge in [0.15, 0.2) is 5.60 Å². The number of Topliss-reactive ketones (excluding diaryl/α,β-unsaturated/α-hetero) is 1. The molecular weight excluding hydrogens is 313 g/mol. The van der Waals surface area contributed by atoms with E-state index in [1.165, 1.54) is 17.9 Å². The number of hydrogen-bond acceptors (Lipinski definition) is 3. The fraction of sp³-hybridized carbons (Fsp3) is 0.467. The van der Waals surface area contributed by atoms with Gasteiger partial charge in [0, 0.05) is 23.6 Å². The summed E-state index contributed by atoms with van der Waals surface area (Å²) in [5.74, 6) is -0.660. The van der Waals surface area contributed by atoms with Crippen molar-refractivity contribution in [1.82, 2.24) is 0 Å². The average Bonchev–Trinajstić information content (AvgIpc) is 2.55. The zero-order valence-corrected chi connectivity index (χ0v) is 13.6. The molecule has 1 amide bonds. The van der Waals surface area contributed by atoms with Gasteiger partial charge < -0.3 is 10.0 Å². The fourth-order valence-corrected chi connectivity index (χ4v) is 3.26. The number of aliphatic hydroxyl groups is 1. The molecule has 1 aliphatic rings. The van der Waals surface area contributed by atoms with Crippen molar-refractivity contribution >= 4 is 40.6 Å². The van der Waals surface area contributed by atoms with Gasteiger partial charge in [-0.25, -0.2) is 0 Å². The van der Waals surface area contributed by atoms with Crippen LogP contribution in [0.3, 0.4) is 0 Å². The molecule has 4 nitrogen and oxygen atoms in total. The van der Waals surface area contributed by atoms with Crippen molar-refractivity contribution in [2.24, 2.45) is 5.92 Å². The maximum Gasteiger partial charge on any atom is 0.264 e. The molecule has 0 fully saturated rings. The normalized spacial score (nSPS) is 21.1. The van der Waals surface area contributed by atoms with Crippen LogP contribution in [0.5, 0.6) is 0 Å². The minimum Gasteiger partial charge on any atom is -0.375 e. The first-order chi connectivity index (χ1) is 9.68. The molecule has 1 aliphatic heterocycles. The third-order valence-corrected chi connectivity index (χ3v) is 4.03. The molecule has 0 aromatic heterocycles. The van der Waals surface area contributed by atoms with Gasteiger partial charge >= 0.3 is 0 Å². The number of anilines is 1. The van der Waals surface area contributed by atoms with Crippen LogP contribution in [0, 0.1) is 5.92 Å². The summed E-state index contributed by atoms with van der Waals surface area (Å²) in [7, 11) is 0. The number of carbonyl (C=O) groups excluding carboxylic acids is 2. The Morgan fingerprint density at radius 3 is 2.43 bits per heavy atom. The zero-order valence-electron chi connectivity index (χ0n) is 12.1. The van der Waals surface area contributed by atoms with E-state index in [0.717, 1.165) is 0 Å². The molecule has 1 heterocycles. The summed E-state index contributed by atoms with van der Waals surface area (Å²) in [4.78, 5) is 25.6. The maximum absolute atomic E-state index is 12.7. The van der Waals surface area contributed by atoms with E-state index in [1.807, 2.05) is 13.8 Å². The molecule has 1 aromatic carbocycles. The summed E-state index contributed by atoms with van der Waals surface area (Å²) in [5, 5.41) is 11.4. The number of amides is 1. The predicted octanol–water partition coefficient (Wildman–Crippen LogP) is 3.16. The SMILES string of the molecule is CC(=O)CC1(O)C(=O)N(CC(C)C)c2c(Cl)ccc(Cl)c21. The summed E-state index contributed by atoms with van der Waals surface area (Å²) < 4.78 is 0. The van der Waals surface area contributed by atoms with E-state index in [4.69, 9.17) is 23.2 Å². The summed E-state index contributed by atoms with van der Waals surface area (Å²) >= 11 is 12.4. The van der Waals surface area contributed by atoms with Crippen LogP contribution in [0.15, 0.2) is 12.1 Å². The molecule has 1 atom stereocenters. The van der Waals surface area contributed by atoms with Crippen LogP contribution in [0.2, 0.25) is 10.0 Å². The molecule has 1 unspecified atom stereocenters. The topological polar surface area (TPSA) is 57.6 Å². The van der Waals surface area contributed by atoms with Crippen LogP contribution in [0.25, 0.3) is 0 Å². The quantitative estimate of drug-likeness (QED) is 0.923. The summed E-state index contributed by atoms with van der Waals surface area (Å²) in [6, 6.07) is 3.11. The molecule has 1 aromatic rings. The molecule has 0 radical (unpaired) electrons. The Balaban J connectivity index is 2.67. The Labute approximate surface area is 133 Å². The van der Waals surface area contributed by atoms with Gasteiger partial charge in [0.05, 0.1) is 10.7 Å². The van der Waals surface area contributed by atoms with E-state index < -0.39 is 11.5 Å². The largest absolute Gasteiger partial charge is 0.375 e. The molecule has 6 heteroatoms. The van der Waals surface area contributed by atoms with Crippen molar-refractivity contribution in [1.29, 1.82) is 0 Å². The monoisotopic (exact) mass is 329 g/mol. The van der Waals surface area contributed by atoms with E-state index in [9.17, 15) is 14.7 Å². The van der Waals surface area contributed by atoms with E-state index in [1.54, 1.807) is 6.07 Å². The van der Waals surface area contributed by atoms with E-state index in [2.05, 4.69) is 0 Å². The molecule has 1 N–H and O–H groups in total. The number of hydrogen-bond donors (Lipinski definition) is 1. The Bertz CT molecular complexity index is 615. The van der Waals surface area contributed by atoms with Gasteiger partial charge in [-0.15, -0.1) is 0 Å². The number of carbonyl (C=O) groups is 2. The Kier molecular flexibility index (Phi) is 4.34. The third kappa shape index (κ3) is 2.68.